The number of aromatic nitrogens is 3. The third kappa shape index (κ3) is 5.01. The number of fused-ring (bicyclic) bond motifs is 9. The van der Waals surface area contributed by atoms with E-state index in [-0.39, 0.29) is 0 Å². The maximum Gasteiger partial charge on any atom is 0.164 e. The molecule has 0 aliphatic carbocycles. The fourth-order valence-corrected chi connectivity index (χ4v) is 8.24. The maximum absolute atomic E-state index is 6.88. The van der Waals surface area contributed by atoms with Gasteiger partial charge in [0.05, 0.1) is 0 Å². The summed E-state index contributed by atoms with van der Waals surface area (Å²) >= 11 is 0. The molecular weight excluding hydrogens is 703 g/mol. The quantitative estimate of drug-likeness (QED) is 0.175. The van der Waals surface area contributed by atoms with Crippen LogP contribution in [0.15, 0.2) is 189 Å². The van der Waals surface area contributed by atoms with E-state index in [2.05, 4.69) is 84.9 Å². The molecule has 8 aromatic carbocycles. The predicted octanol–water partition coefficient (Wildman–Crippen LogP) is 13.9. The highest BCUT2D eigenvalue weighted by Gasteiger charge is 2.22. The molecule has 0 spiro atoms. The first-order valence-corrected chi connectivity index (χ1v) is 18.9. The lowest BCUT2D eigenvalue weighted by atomic mass is 9.94. The Morgan fingerprint density at radius 1 is 0.263 bits per heavy atom. The van der Waals surface area contributed by atoms with Crippen LogP contribution >= 0.6 is 0 Å². The van der Waals surface area contributed by atoms with Gasteiger partial charge in [-0.25, -0.2) is 15.0 Å². The van der Waals surface area contributed by atoms with Crippen LogP contribution in [0, 0.1) is 0 Å². The molecule has 6 nitrogen and oxygen atoms in total. The van der Waals surface area contributed by atoms with Crippen molar-refractivity contribution in [2.24, 2.45) is 0 Å². The van der Waals surface area contributed by atoms with Crippen molar-refractivity contribution < 1.29 is 13.3 Å². The third-order valence-electron chi connectivity index (χ3n) is 10.9. The van der Waals surface area contributed by atoms with Crippen molar-refractivity contribution in [2.45, 2.75) is 0 Å². The molecule has 0 unspecified atom stereocenters. The number of rotatable bonds is 5. The topological polar surface area (TPSA) is 78.1 Å². The number of para-hydroxylation sites is 4. The first-order chi connectivity index (χ1) is 28.2. The van der Waals surface area contributed by atoms with Gasteiger partial charge in [-0.1, -0.05) is 140 Å². The molecule has 4 heterocycles. The van der Waals surface area contributed by atoms with Crippen LogP contribution in [0.5, 0.6) is 0 Å². The van der Waals surface area contributed by atoms with Gasteiger partial charge in [0.2, 0.25) is 0 Å². The first-order valence-electron chi connectivity index (χ1n) is 18.9. The molecule has 0 bridgehead atoms. The molecule has 4 aromatic heterocycles. The highest BCUT2D eigenvalue weighted by molar-refractivity contribution is 6.17. The van der Waals surface area contributed by atoms with Crippen molar-refractivity contribution in [3.05, 3.63) is 176 Å². The van der Waals surface area contributed by atoms with E-state index >= 15 is 0 Å². The van der Waals surface area contributed by atoms with Gasteiger partial charge in [-0.05, 0) is 42.0 Å². The summed E-state index contributed by atoms with van der Waals surface area (Å²) in [6, 6.07) is 59.7. The van der Waals surface area contributed by atoms with Crippen LogP contribution in [0.25, 0.3) is 122 Å². The fraction of sp³-hybridized carbons (Fsp3) is 0. The van der Waals surface area contributed by atoms with Crippen LogP contribution < -0.4 is 0 Å². The molecule has 0 atom stereocenters. The van der Waals surface area contributed by atoms with Crippen LogP contribution in [0.1, 0.15) is 0 Å². The summed E-state index contributed by atoms with van der Waals surface area (Å²) in [5.74, 6) is 1.79. The van der Waals surface area contributed by atoms with E-state index in [1.165, 1.54) is 0 Å². The monoisotopic (exact) mass is 731 g/mol. The van der Waals surface area contributed by atoms with E-state index < -0.39 is 0 Å². The van der Waals surface area contributed by atoms with Gasteiger partial charge in [0.15, 0.2) is 17.5 Å². The van der Waals surface area contributed by atoms with Crippen molar-refractivity contribution in [1.29, 1.82) is 0 Å². The lowest BCUT2D eigenvalue weighted by Gasteiger charge is -2.09. The molecule has 0 N–H and O–H groups in total. The van der Waals surface area contributed by atoms with Crippen molar-refractivity contribution >= 4 is 65.8 Å². The average Bonchev–Trinajstić information content (AvgIpc) is 3.98. The van der Waals surface area contributed by atoms with E-state index in [9.17, 15) is 0 Å². The number of hydrogen-bond acceptors (Lipinski definition) is 6. The summed E-state index contributed by atoms with van der Waals surface area (Å²) in [6.07, 6.45) is 0. The fourth-order valence-electron chi connectivity index (χ4n) is 8.24. The summed E-state index contributed by atoms with van der Waals surface area (Å²) in [7, 11) is 0. The lowest BCUT2D eigenvalue weighted by Crippen LogP contribution is -2.00. The first kappa shape index (κ1) is 31.5. The van der Waals surface area contributed by atoms with Gasteiger partial charge < -0.3 is 13.3 Å². The summed E-state index contributed by atoms with van der Waals surface area (Å²) in [5.41, 5.74) is 11.5. The second-order valence-corrected chi connectivity index (χ2v) is 14.3. The standard InChI is InChI=1S/C51H29N3O3/c1-3-13-30(14-4-1)49-52-50(31-15-5-2-6-16-31)54-51(53-49)32-25-26-37-39-21-12-22-40(47(39)57-45(37)29-32)42-28-33(27-41-36-18-8-10-24-44(36)56-48(41)42)34-19-11-20-38-35-17-7-9-23-43(35)55-46(34)38/h1-29H. The van der Waals surface area contributed by atoms with Gasteiger partial charge in [0, 0.05) is 65.7 Å². The minimum Gasteiger partial charge on any atom is -0.455 e. The third-order valence-corrected chi connectivity index (χ3v) is 10.9. The van der Waals surface area contributed by atoms with Gasteiger partial charge in [-0.3, -0.25) is 0 Å². The van der Waals surface area contributed by atoms with E-state index in [0.29, 0.717) is 17.5 Å². The minimum atomic E-state index is 0.571. The molecule has 0 fully saturated rings. The Labute approximate surface area is 325 Å². The largest absolute Gasteiger partial charge is 0.455 e. The van der Waals surface area contributed by atoms with Gasteiger partial charge in [0.25, 0.3) is 0 Å². The molecule has 0 amide bonds. The van der Waals surface area contributed by atoms with Crippen LogP contribution in [0.2, 0.25) is 0 Å². The van der Waals surface area contributed by atoms with Gasteiger partial charge in [0.1, 0.15) is 33.5 Å². The van der Waals surface area contributed by atoms with E-state index in [1.807, 2.05) is 91.0 Å². The zero-order valence-corrected chi connectivity index (χ0v) is 30.3. The Morgan fingerprint density at radius 2 is 0.737 bits per heavy atom. The molecule has 12 aromatic rings. The Kier molecular flexibility index (Phi) is 6.83. The molecule has 0 aliphatic heterocycles. The summed E-state index contributed by atoms with van der Waals surface area (Å²) in [6.45, 7) is 0. The number of hydrogen-bond donors (Lipinski definition) is 0. The van der Waals surface area contributed by atoms with Gasteiger partial charge in [-0.2, -0.15) is 0 Å². The smallest absolute Gasteiger partial charge is 0.164 e. The van der Waals surface area contributed by atoms with Crippen LogP contribution in [-0.4, -0.2) is 15.0 Å². The average molecular weight is 732 g/mol. The molecule has 6 heteroatoms. The number of nitrogens with zero attached hydrogens (tertiary/aromatic N) is 3. The molecule has 0 radical (unpaired) electrons. The minimum absolute atomic E-state index is 0.571. The van der Waals surface area contributed by atoms with Crippen LogP contribution in [0.3, 0.4) is 0 Å². The Bertz CT molecular complexity index is 3470. The Balaban J connectivity index is 1.06. The van der Waals surface area contributed by atoms with Crippen LogP contribution in [-0.2, 0) is 0 Å². The highest BCUT2D eigenvalue weighted by atomic mass is 16.3. The zero-order chi connectivity index (χ0) is 37.5. The Hall–Kier alpha value is -7.83. The van der Waals surface area contributed by atoms with E-state index in [4.69, 9.17) is 28.2 Å². The summed E-state index contributed by atoms with van der Waals surface area (Å²) < 4.78 is 20.1. The normalized spacial score (nSPS) is 11.9. The van der Waals surface area contributed by atoms with Crippen LogP contribution in [0.4, 0.5) is 0 Å². The predicted molar refractivity (Wildman–Crippen MR) is 229 cm³/mol. The van der Waals surface area contributed by atoms with Crippen molar-refractivity contribution in [2.75, 3.05) is 0 Å². The molecule has 266 valence electrons. The summed E-state index contributed by atoms with van der Waals surface area (Å²) in [5, 5.41) is 6.27. The van der Waals surface area contributed by atoms with Crippen molar-refractivity contribution in [3.8, 4) is 56.4 Å². The molecule has 0 aliphatic rings. The number of benzene rings is 8. The molecule has 57 heavy (non-hydrogen) atoms. The molecular formula is C51H29N3O3. The molecule has 12 rings (SSSR count). The SMILES string of the molecule is c1ccc(-c2nc(-c3ccccc3)nc(-c3ccc4c(c3)oc3c(-c5cc(-c6cccc7c6oc6ccccc67)cc6c5oc5ccccc56)cccc34)n2)cc1. The molecule has 0 saturated heterocycles. The van der Waals surface area contributed by atoms with Crippen molar-refractivity contribution in [3.63, 3.8) is 0 Å². The maximum atomic E-state index is 6.88. The zero-order valence-electron chi connectivity index (χ0n) is 30.3. The highest BCUT2D eigenvalue weighted by Crippen LogP contribution is 2.45. The van der Waals surface area contributed by atoms with E-state index in [1.54, 1.807) is 0 Å². The van der Waals surface area contributed by atoms with Crippen molar-refractivity contribution in [1.82, 2.24) is 15.0 Å². The second-order valence-electron chi connectivity index (χ2n) is 14.3. The molecule has 0 saturated carbocycles. The number of furan rings is 3. The summed E-state index contributed by atoms with van der Waals surface area (Å²) in [4.78, 5) is 14.8. The van der Waals surface area contributed by atoms with E-state index in [0.717, 1.165) is 105 Å². The lowest BCUT2D eigenvalue weighted by molar-refractivity contribution is 0.665. The van der Waals surface area contributed by atoms with Gasteiger partial charge in [-0.15, -0.1) is 0 Å². The van der Waals surface area contributed by atoms with Gasteiger partial charge >= 0.3 is 0 Å². The Morgan fingerprint density at radius 3 is 1.39 bits per heavy atom. The second kappa shape index (κ2) is 12.3.